The second-order valence-corrected chi connectivity index (χ2v) is 8.08. The summed E-state index contributed by atoms with van der Waals surface area (Å²) < 4.78 is 24.8. The number of aryl methyl sites for hydroxylation is 2. The van der Waals surface area contributed by atoms with Crippen molar-refractivity contribution < 1.29 is 18.4 Å². The van der Waals surface area contributed by atoms with Crippen LogP contribution in [0.25, 0.3) is 11.1 Å². The fourth-order valence-corrected chi connectivity index (χ4v) is 4.80. The number of amides is 1. The topological polar surface area (TPSA) is 68.5 Å². The molecular weight excluding hydrogens is 373 g/mol. The second-order valence-electron chi connectivity index (χ2n) is 8.08. The van der Waals surface area contributed by atoms with Gasteiger partial charge in [-0.05, 0) is 50.8 Å². The van der Waals surface area contributed by atoms with E-state index < -0.39 is 0 Å². The molecule has 1 aliphatic heterocycles. The van der Waals surface area contributed by atoms with E-state index in [9.17, 15) is 9.18 Å². The van der Waals surface area contributed by atoms with Crippen molar-refractivity contribution in [3.8, 4) is 5.75 Å². The minimum absolute atomic E-state index is 0.00359. The number of hydrogen-bond acceptors (Lipinski definition) is 5. The van der Waals surface area contributed by atoms with E-state index in [2.05, 4.69) is 10.1 Å². The normalized spacial score (nSPS) is 23.6. The van der Waals surface area contributed by atoms with E-state index >= 15 is 0 Å². The molecule has 2 aliphatic rings. The van der Waals surface area contributed by atoms with E-state index in [4.69, 9.17) is 9.26 Å². The van der Waals surface area contributed by atoms with Crippen molar-refractivity contribution >= 4 is 17.0 Å². The molecule has 29 heavy (non-hydrogen) atoms. The molecule has 0 bridgehead atoms. The van der Waals surface area contributed by atoms with Crippen LogP contribution in [-0.2, 0) is 0 Å². The number of nitrogens with zero attached hydrogens (tertiary/aromatic N) is 3. The van der Waals surface area contributed by atoms with Gasteiger partial charge in [-0.15, -0.1) is 0 Å². The Morgan fingerprint density at radius 1 is 1.24 bits per heavy atom. The monoisotopic (exact) mass is 395 g/mol. The molecule has 1 saturated carbocycles. The summed E-state index contributed by atoms with van der Waals surface area (Å²) in [6, 6.07) is 8.06. The molecule has 1 aliphatic carbocycles. The minimum Gasteiger partial charge on any atom is -0.490 e. The van der Waals surface area contributed by atoms with Crippen molar-refractivity contribution in [2.75, 3.05) is 13.1 Å². The van der Waals surface area contributed by atoms with Crippen molar-refractivity contribution in [1.29, 1.82) is 0 Å². The van der Waals surface area contributed by atoms with Crippen LogP contribution in [0.4, 0.5) is 4.39 Å². The Hall–Kier alpha value is -2.96. The molecule has 2 fully saturated rings. The van der Waals surface area contributed by atoms with Gasteiger partial charge < -0.3 is 14.2 Å². The van der Waals surface area contributed by atoms with Crippen molar-refractivity contribution in [3.05, 3.63) is 53.1 Å². The third-order valence-corrected chi connectivity index (χ3v) is 6.14. The van der Waals surface area contributed by atoms with Crippen LogP contribution in [0.1, 0.15) is 34.6 Å². The van der Waals surface area contributed by atoms with Crippen molar-refractivity contribution in [3.63, 3.8) is 0 Å². The molecule has 6 nitrogen and oxygen atoms in total. The summed E-state index contributed by atoms with van der Waals surface area (Å²) >= 11 is 0. The van der Waals surface area contributed by atoms with E-state index in [0.717, 1.165) is 18.5 Å². The highest BCUT2D eigenvalue weighted by molar-refractivity contribution is 6.06. The number of benzene rings is 1. The molecular formula is C22H22FN3O3. The maximum absolute atomic E-state index is 13.5. The van der Waals surface area contributed by atoms with Gasteiger partial charge in [0.05, 0.1) is 16.6 Å². The van der Waals surface area contributed by atoms with Gasteiger partial charge in [0, 0.05) is 30.8 Å². The van der Waals surface area contributed by atoms with Crippen LogP contribution in [0.3, 0.4) is 0 Å². The van der Waals surface area contributed by atoms with Crippen LogP contribution < -0.4 is 4.74 Å². The van der Waals surface area contributed by atoms with Gasteiger partial charge >= 0.3 is 0 Å². The average Bonchev–Trinajstić information content (AvgIpc) is 3.37. The largest absolute Gasteiger partial charge is 0.490 e. The summed E-state index contributed by atoms with van der Waals surface area (Å²) in [5, 5.41) is 4.66. The third kappa shape index (κ3) is 3.14. The van der Waals surface area contributed by atoms with Crippen LogP contribution >= 0.6 is 0 Å². The van der Waals surface area contributed by atoms with E-state index in [0.29, 0.717) is 47.1 Å². The average molecular weight is 395 g/mol. The summed E-state index contributed by atoms with van der Waals surface area (Å²) in [6.45, 7) is 5.01. The molecule has 7 heteroatoms. The molecule has 3 atom stereocenters. The molecule has 150 valence electrons. The zero-order valence-corrected chi connectivity index (χ0v) is 16.4. The number of hydrogen-bond donors (Lipinski definition) is 0. The van der Waals surface area contributed by atoms with Crippen LogP contribution in [0, 0.1) is 31.5 Å². The van der Waals surface area contributed by atoms with Crippen molar-refractivity contribution in [1.82, 2.24) is 15.0 Å². The number of ether oxygens (including phenoxy) is 1. The number of carbonyl (C=O) groups is 1. The van der Waals surface area contributed by atoms with Crippen molar-refractivity contribution in [2.45, 2.75) is 32.8 Å². The summed E-state index contributed by atoms with van der Waals surface area (Å²) in [6.07, 6.45) is 1.93. The van der Waals surface area contributed by atoms with Gasteiger partial charge in [0.1, 0.15) is 17.7 Å². The van der Waals surface area contributed by atoms with Gasteiger partial charge in [0.25, 0.3) is 11.6 Å². The molecule has 1 aromatic carbocycles. The maximum atomic E-state index is 13.5. The molecule has 0 unspecified atom stereocenters. The predicted octanol–water partition coefficient (Wildman–Crippen LogP) is 3.91. The first-order chi connectivity index (χ1) is 14.0. The second kappa shape index (κ2) is 6.83. The number of fused-ring (bicyclic) bond motifs is 2. The zero-order valence-electron chi connectivity index (χ0n) is 16.4. The lowest BCUT2D eigenvalue weighted by atomic mass is 9.99. The Balaban J connectivity index is 1.37. The molecule has 0 spiro atoms. The highest BCUT2D eigenvalue weighted by Crippen LogP contribution is 2.41. The van der Waals surface area contributed by atoms with Gasteiger partial charge in [-0.1, -0.05) is 11.2 Å². The van der Waals surface area contributed by atoms with Gasteiger partial charge in [0.2, 0.25) is 0 Å². The lowest BCUT2D eigenvalue weighted by Crippen LogP contribution is -2.32. The molecule has 1 amide bonds. The van der Waals surface area contributed by atoms with Crippen LogP contribution in [0.2, 0.25) is 0 Å². The SMILES string of the molecule is Cc1cc(C(=O)N2C[C@@H]3CC[C@H](Oc4cccc(F)c4)[C@@H]3C2)c2c(C)noc2n1. The highest BCUT2D eigenvalue weighted by atomic mass is 19.1. The lowest BCUT2D eigenvalue weighted by Gasteiger charge is -2.22. The first-order valence-electron chi connectivity index (χ1n) is 9.94. The minimum atomic E-state index is -0.304. The first-order valence-corrected chi connectivity index (χ1v) is 9.94. The Bertz CT molecular complexity index is 1100. The predicted molar refractivity (Wildman–Crippen MR) is 104 cm³/mol. The molecule has 1 saturated heterocycles. The standard InChI is InChI=1S/C22H22FN3O3/c1-12-8-17(20-13(2)25-29-21(20)24-12)22(27)26-10-14-6-7-19(18(14)11-26)28-16-5-3-4-15(23)9-16/h3-5,8-9,14,18-19H,6-7,10-11H2,1-2H3/t14-,18+,19-/m0/s1. The fraction of sp³-hybridized carbons (Fsp3) is 0.409. The first kappa shape index (κ1) is 18.1. The molecule has 3 heterocycles. The molecule has 0 N–H and O–H groups in total. The Morgan fingerprint density at radius 2 is 2.10 bits per heavy atom. The van der Waals surface area contributed by atoms with Crippen molar-refractivity contribution in [2.24, 2.45) is 11.8 Å². The maximum Gasteiger partial charge on any atom is 0.258 e. The number of carbonyl (C=O) groups excluding carboxylic acids is 1. The molecule has 2 aromatic heterocycles. The van der Waals surface area contributed by atoms with Gasteiger partial charge in [-0.2, -0.15) is 0 Å². The summed E-state index contributed by atoms with van der Waals surface area (Å²) in [4.78, 5) is 19.6. The quantitative estimate of drug-likeness (QED) is 0.673. The Kier molecular flexibility index (Phi) is 4.26. The molecule has 5 rings (SSSR count). The number of aromatic nitrogens is 2. The Morgan fingerprint density at radius 3 is 2.93 bits per heavy atom. The highest BCUT2D eigenvalue weighted by Gasteiger charge is 2.45. The smallest absolute Gasteiger partial charge is 0.258 e. The number of pyridine rings is 1. The van der Waals surface area contributed by atoms with Crippen LogP contribution in [-0.4, -0.2) is 40.1 Å². The molecule has 0 radical (unpaired) electrons. The summed E-state index contributed by atoms with van der Waals surface area (Å²) in [5.74, 6) is 0.878. The van der Waals surface area contributed by atoms with E-state index in [1.54, 1.807) is 12.1 Å². The third-order valence-electron chi connectivity index (χ3n) is 6.14. The summed E-state index contributed by atoms with van der Waals surface area (Å²) in [7, 11) is 0. The van der Waals surface area contributed by atoms with E-state index in [1.165, 1.54) is 12.1 Å². The number of likely N-dealkylation sites (tertiary alicyclic amines) is 1. The number of rotatable bonds is 3. The van der Waals surface area contributed by atoms with E-state index in [1.807, 2.05) is 24.8 Å². The Labute approximate surface area is 167 Å². The molecule has 3 aromatic rings. The summed E-state index contributed by atoms with van der Waals surface area (Å²) in [5.41, 5.74) is 2.39. The zero-order chi connectivity index (χ0) is 20.1. The van der Waals surface area contributed by atoms with Crippen LogP contribution in [0.5, 0.6) is 5.75 Å². The van der Waals surface area contributed by atoms with Gasteiger partial charge in [-0.25, -0.2) is 9.37 Å². The van der Waals surface area contributed by atoms with E-state index in [-0.39, 0.29) is 23.7 Å². The number of halogens is 1. The van der Waals surface area contributed by atoms with Gasteiger partial charge in [0.15, 0.2) is 0 Å². The fourth-order valence-electron chi connectivity index (χ4n) is 4.80. The lowest BCUT2D eigenvalue weighted by molar-refractivity contribution is 0.0764. The van der Waals surface area contributed by atoms with Gasteiger partial charge in [-0.3, -0.25) is 4.79 Å². The van der Waals surface area contributed by atoms with Crippen LogP contribution in [0.15, 0.2) is 34.9 Å².